The van der Waals surface area contributed by atoms with Crippen molar-refractivity contribution in [2.45, 2.75) is 64.4 Å². The van der Waals surface area contributed by atoms with Gasteiger partial charge in [-0.3, -0.25) is 4.90 Å². The lowest BCUT2D eigenvalue weighted by Gasteiger charge is -2.28. The highest BCUT2D eigenvalue weighted by Crippen LogP contribution is 2.08. The highest BCUT2D eigenvalue weighted by Gasteiger charge is 2.13. The molecule has 0 saturated carbocycles. The van der Waals surface area contributed by atoms with Gasteiger partial charge in [0.1, 0.15) is 0 Å². The number of unbranched alkanes of at least 4 members (excludes halogenated alkanes) is 7. The van der Waals surface area contributed by atoms with E-state index in [0.29, 0.717) is 6.61 Å². The van der Waals surface area contributed by atoms with E-state index in [1.807, 2.05) is 0 Å². The van der Waals surface area contributed by atoms with E-state index in [9.17, 15) is 5.11 Å². The van der Waals surface area contributed by atoms with Gasteiger partial charge in [0.15, 0.2) is 0 Å². The van der Waals surface area contributed by atoms with Crippen LogP contribution in [0.3, 0.4) is 0 Å². The van der Waals surface area contributed by atoms with Crippen LogP contribution >= 0.6 is 0 Å². The third-order valence-electron chi connectivity index (χ3n) is 4.13. The van der Waals surface area contributed by atoms with Gasteiger partial charge in [-0.05, 0) is 6.42 Å². The number of hydrogen-bond acceptors (Lipinski definition) is 4. The zero-order valence-corrected chi connectivity index (χ0v) is 14.0. The predicted octanol–water partition coefficient (Wildman–Crippen LogP) is 2.41. The maximum Gasteiger partial charge on any atom is 0.0900 e. The molecule has 1 rings (SSSR count). The van der Waals surface area contributed by atoms with Crippen LogP contribution in [0.5, 0.6) is 0 Å². The summed E-state index contributed by atoms with van der Waals surface area (Å²) in [5.41, 5.74) is 0. The Morgan fingerprint density at radius 2 is 1.62 bits per heavy atom. The minimum atomic E-state index is -0.336. The lowest BCUT2D eigenvalue weighted by atomic mass is 10.1. The Labute approximate surface area is 131 Å². The molecule has 4 heteroatoms. The van der Waals surface area contributed by atoms with Crippen molar-refractivity contribution in [1.29, 1.82) is 0 Å². The van der Waals surface area contributed by atoms with Crippen LogP contribution in [0.15, 0.2) is 0 Å². The molecule has 0 amide bonds. The summed E-state index contributed by atoms with van der Waals surface area (Å²) in [7, 11) is 0. The molecule has 1 heterocycles. The molecule has 126 valence electrons. The maximum absolute atomic E-state index is 9.94. The number of nitrogens with one attached hydrogen (secondary N) is 1. The van der Waals surface area contributed by atoms with Crippen molar-refractivity contribution in [3.8, 4) is 0 Å². The third-order valence-corrected chi connectivity index (χ3v) is 4.13. The van der Waals surface area contributed by atoms with Gasteiger partial charge in [-0.25, -0.2) is 0 Å². The molecule has 0 radical (unpaired) electrons. The monoisotopic (exact) mass is 300 g/mol. The number of ether oxygens (including phenoxy) is 1. The number of piperazine rings is 1. The van der Waals surface area contributed by atoms with Crippen molar-refractivity contribution in [2.24, 2.45) is 0 Å². The molecular formula is C17H36N2O2. The number of β-amino-alcohol motifs (C(OH)–C–C–N with tert-alkyl or cyclic N) is 1. The number of aliphatic hydroxyl groups is 1. The average Bonchev–Trinajstić information content (AvgIpc) is 2.50. The quantitative estimate of drug-likeness (QED) is 0.513. The van der Waals surface area contributed by atoms with E-state index in [2.05, 4.69) is 17.1 Å². The van der Waals surface area contributed by atoms with Crippen LogP contribution < -0.4 is 5.32 Å². The summed E-state index contributed by atoms with van der Waals surface area (Å²) in [4.78, 5) is 2.31. The van der Waals surface area contributed by atoms with E-state index in [-0.39, 0.29) is 6.10 Å². The third kappa shape index (κ3) is 11.1. The van der Waals surface area contributed by atoms with Crippen molar-refractivity contribution in [3.63, 3.8) is 0 Å². The van der Waals surface area contributed by atoms with Gasteiger partial charge in [0.2, 0.25) is 0 Å². The Kier molecular flexibility index (Phi) is 12.1. The van der Waals surface area contributed by atoms with Gasteiger partial charge in [0.05, 0.1) is 12.7 Å². The normalized spacial score (nSPS) is 18.0. The van der Waals surface area contributed by atoms with Crippen LogP contribution in [0.4, 0.5) is 0 Å². The van der Waals surface area contributed by atoms with Crippen LogP contribution in [-0.4, -0.2) is 62.0 Å². The lowest BCUT2D eigenvalue weighted by molar-refractivity contribution is 0.0136. The summed E-state index contributed by atoms with van der Waals surface area (Å²) in [6, 6.07) is 0. The summed E-state index contributed by atoms with van der Waals surface area (Å²) in [6.07, 6.45) is 10.2. The van der Waals surface area contributed by atoms with Crippen LogP contribution in [0.2, 0.25) is 0 Å². The number of hydrogen-bond donors (Lipinski definition) is 2. The summed E-state index contributed by atoms with van der Waals surface area (Å²) in [5.74, 6) is 0. The first-order chi connectivity index (χ1) is 10.3. The van der Waals surface area contributed by atoms with Gasteiger partial charge < -0.3 is 15.2 Å². The summed E-state index contributed by atoms with van der Waals surface area (Å²) in [5, 5.41) is 13.3. The Balaban J connectivity index is 1.80. The molecule has 0 aliphatic carbocycles. The molecule has 0 aromatic heterocycles. The Hall–Kier alpha value is -0.160. The molecule has 0 spiro atoms. The summed E-state index contributed by atoms with van der Waals surface area (Å²) in [6.45, 7) is 8.43. The Morgan fingerprint density at radius 3 is 2.29 bits per heavy atom. The molecule has 21 heavy (non-hydrogen) atoms. The number of rotatable bonds is 13. The average molecular weight is 300 g/mol. The zero-order valence-electron chi connectivity index (χ0n) is 14.0. The first-order valence-corrected chi connectivity index (χ1v) is 9.01. The molecule has 0 aromatic rings. The second kappa shape index (κ2) is 13.5. The van der Waals surface area contributed by atoms with E-state index in [1.54, 1.807) is 0 Å². The van der Waals surface area contributed by atoms with Crippen LogP contribution in [0, 0.1) is 0 Å². The van der Waals surface area contributed by atoms with Crippen molar-refractivity contribution >= 4 is 0 Å². The highest BCUT2D eigenvalue weighted by atomic mass is 16.5. The smallest absolute Gasteiger partial charge is 0.0900 e. The number of nitrogens with zero attached hydrogens (tertiary/aromatic N) is 1. The molecule has 1 aliphatic rings. The van der Waals surface area contributed by atoms with Gasteiger partial charge in [-0.2, -0.15) is 0 Å². The van der Waals surface area contributed by atoms with E-state index in [0.717, 1.165) is 45.8 Å². The Bertz CT molecular complexity index is 221. The van der Waals surface area contributed by atoms with E-state index >= 15 is 0 Å². The van der Waals surface area contributed by atoms with Gasteiger partial charge in [-0.1, -0.05) is 51.9 Å². The zero-order chi connectivity index (χ0) is 15.2. The van der Waals surface area contributed by atoms with Crippen LogP contribution in [0.1, 0.15) is 58.3 Å². The van der Waals surface area contributed by atoms with Gasteiger partial charge >= 0.3 is 0 Å². The summed E-state index contributed by atoms with van der Waals surface area (Å²) >= 11 is 0. The van der Waals surface area contributed by atoms with Gasteiger partial charge in [0, 0.05) is 39.3 Å². The highest BCUT2D eigenvalue weighted by molar-refractivity contribution is 4.70. The molecule has 1 saturated heterocycles. The van der Waals surface area contributed by atoms with Gasteiger partial charge in [0.25, 0.3) is 0 Å². The maximum atomic E-state index is 9.94. The Morgan fingerprint density at radius 1 is 1.00 bits per heavy atom. The van der Waals surface area contributed by atoms with Crippen LogP contribution in [-0.2, 0) is 4.74 Å². The first kappa shape index (κ1) is 18.9. The van der Waals surface area contributed by atoms with E-state index in [1.165, 1.54) is 44.9 Å². The standard InChI is InChI=1S/C17H36N2O2/c1-2-3-4-5-6-7-8-9-14-21-16-17(20)15-19-12-10-18-11-13-19/h17-18,20H,2-16H2,1H3. The fraction of sp³-hybridized carbons (Fsp3) is 1.00. The van der Waals surface area contributed by atoms with Crippen molar-refractivity contribution < 1.29 is 9.84 Å². The number of aliphatic hydroxyl groups excluding tert-OH is 1. The SMILES string of the molecule is CCCCCCCCCCOCC(O)CN1CCNCC1. The topological polar surface area (TPSA) is 44.7 Å². The predicted molar refractivity (Wildman–Crippen MR) is 88.7 cm³/mol. The van der Waals surface area contributed by atoms with E-state index in [4.69, 9.17) is 4.74 Å². The minimum Gasteiger partial charge on any atom is -0.389 e. The van der Waals surface area contributed by atoms with Crippen molar-refractivity contribution in [2.75, 3.05) is 45.9 Å². The molecule has 0 bridgehead atoms. The largest absolute Gasteiger partial charge is 0.389 e. The fourth-order valence-electron chi connectivity index (χ4n) is 2.80. The first-order valence-electron chi connectivity index (χ1n) is 9.01. The molecule has 1 unspecified atom stereocenters. The van der Waals surface area contributed by atoms with E-state index < -0.39 is 0 Å². The lowest BCUT2D eigenvalue weighted by Crippen LogP contribution is -2.47. The molecule has 1 atom stereocenters. The minimum absolute atomic E-state index is 0.336. The second-order valence-electron chi connectivity index (χ2n) is 6.25. The second-order valence-corrected chi connectivity index (χ2v) is 6.25. The molecular weight excluding hydrogens is 264 g/mol. The van der Waals surface area contributed by atoms with Crippen molar-refractivity contribution in [1.82, 2.24) is 10.2 Å². The molecule has 0 aromatic carbocycles. The van der Waals surface area contributed by atoms with Gasteiger partial charge in [-0.15, -0.1) is 0 Å². The fourth-order valence-corrected chi connectivity index (χ4v) is 2.80. The molecule has 2 N–H and O–H groups in total. The van der Waals surface area contributed by atoms with Crippen molar-refractivity contribution in [3.05, 3.63) is 0 Å². The summed E-state index contributed by atoms with van der Waals surface area (Å²) < 4.78 is 5.59. The molecule has 4 nitrogen and oxygen atoms in total. The molecule has 1 fully saturated rings. The molecule has 1 aliphatic heterocycles. The van der Waals surface area contributed by atoms with Crippen LogP contribution in [0.25, 0.3) is 0 Å².